The van der Waals surface area contributed by atoms with Gasteiger partial charge in [-0.05, 0) is 33.4 Å². The minimum Gasteiger partial charge on any atom is -0.481 e. The molecule has 1 fully saturated rings. The Hall–Kier alpha value is -1.10. The van der Waals surface area contributed by atoms with Gasteiger partial charge < -0.3 is 15.3 Å². The van der Waals surface area contributed by atoms with Crippen molar-refractivity contribution in [2.75, 3.05) is 20.1 Å². The Morgan fingerprint density at radius 3 is 2.75 bits per heavy atom. The zero-order valence-corrected chi connectivity index (χ0v) is 9.90. The predicted molar refractivity (Wildman–Crippen MR) is 60.1 cm³/mol. The number of carbonyl (C=O) groups is 2. The van der Waals surface area contributed by atoms with E-state index >= 15 is 0 Å². The van der Waals surface area contributed by atoms with E-state index in [9.17, 15) is 9.59 Å². The topological polar surface area (TPSA) is 69.6 Å². The quantitative estimate of drug-likeness (QED) is 0.710. The molecule has 2 atom stereocenters. The normalized spacial score (nSPS) is 23.0. The van der Waals surface area contributed by atoms with Gasteiger partial charge in [-0.2, -0.15) is 0 Å². The molecule has 1 amide bonds. The first-order valence-electron chi connectivity index (χ1n) is 5.69. The molecule has 92 valence electrons. The average molecular weight is 228 g/mol. The highest BCUT2D eigenvalue weighted by Crippen LogP contribution is 2.14. The van der Waals surface area contributed by atoms with Crippen molar-refractivity contribution in [2.24, 2.45) is 5.92 Å². The maximum Gasteiger partial charge on any atom is 0.303 e. The van der Waals surface area contributed by atoms with Crippen LogP contribution in [0, 0.1) is 5.92 Å². The number of hydrogen-bond donors (Lipinski definition) is 2. The molecule has 1 rings (SSSR count). The Balaban J connectivity index is 2.25. The summed E-state index contributed by atoms with van der Waals surface area (Å²) in [6.07, 6.45) is 1.49. The molecule has 5 heteroatoms. The number of nitrogens with one attached hydrogen (secondary N) is 1. The standard InChI is InChI=1S/C11H20N2O3/c1-8(3-4-10(14)15)12-11(16)9-5-6-13(2)7-9/h8-9H,3-7H2,1-2H3,(H,12,16)(H,14,15). The van der Waals surface area contributed by atoms with Crippen LogP contribution in [-0.4, -0.2) is 48.1 Å². The molecular weight excluding hydrogens is 208 g/mol. The van der Waals surface area contributed by atoms with Gasteiger partial charge in [-0.15, -0.1) is 0 Å². The molecule has 16 heavy (non-hydrogen) atoms. The molecule has 1 aliphatic rings. The highest BCUT2D eigenvalue weighted by atomic mass is 16.4. The predicted octanol–water partition coefficient (Wildman–Crippen LogP) is 0.308. The van der Waals surface area contributed by atoms with Crippen molar-refractivity contribution in [3.8, 4) is 0 Å². The number of carboxylic acid groups (broad SMARTS) is 1. The van der Waals surface area contributed by atoms with Gasteiger partial charge in [-0.3, -0.25) is 9.59 Å². The Morgan fingerprint density at radius 1 is 1.56 bits per heavy atom. The fourth-order valence-electron chi connectivity index (χ4n) is 1.92. The van der Waals surface area contributed by atoms with Crippen LogP contribution >= 0.6 is 0 Å². The summed E-state index contributed by atoms with van der Waals surface area (Å²) < 4.78 is 0. The molecule has 0 aromatic heterocycles. The number of rotatable bonds is 5. The molecule has 0 spiro atoms. The van der Waals surface area contributed by atoms with E-state index in [4.69, 9.17) is 5.11 Å². The van der Waals surface area contributed by atoms with Gasteiger partial charge in [-0.25, -0.2) is 0 Å². The van der Waals surface area contributed by atoms with Gasteiger partial charge in [0.25, 0.3) is 0 Å². The van der Waals surface area contributed by atoms with E-state index in [2.05, 4.69) is 10.2 Å². The number of carboxylic acids is 1. The van der Waals surface area contributed by atoms with Gasteiger partial charge in [0.15, 0.2) is 0 Å². The first kappa shape index (κ1) is 13.0. The molecule has 0 aromatic carbocycles. The highest BCUT2D eigenvalue weighted by Gasteiger charge is 2.26. The monoisotopic (exact) mass is 228 g/mol. The molecule has 2 unspecified atom stereocenters. The molecule has 1 saturated heterocycles. The number of hydrogen-bond acceptors (Lipinski definition) is 3. The second-order valence-corrected chi connectivity index (χ2v) is 4.59. The molecule has 0 aliphatic carbocycles. The minimum atomic E-state index is -0.818. The zero-order valence-electron chi connectivity index (χ0n) is 9.90. The summed E-state index contributed by atoms with van der Waals surface area (Å²) in [6, 6.07) is -0.0606. The van der Waals surface area contributed by atoms with Crippen molar-refractivity contribution in [3.63, 3.8) is 0 Å². The summed E-state index contributed by atoms with van der Waals surface area (Å²) in [5, 5.41) is 11.4. The molecule has 1 aliphatic heterocycles. The summed E-state index contributed by atoms with van der Waals surface area (Å²) in [6.45, 7) is 3.61. The van der Waals surface area contributed by atoms with Gasteiger partial charge in [0.1, 0.15) is 0 Å². The van der Waals surface area contributed by atoms with Gasteiger partial charge in [-0.1, -0.05) is 0 Å². The largest absolute Gasteiger partial charge is 0.481 e. The third-order valence-electron chi connectivity index (χ3n) is 2.94. The van der Waals surface area contributed by atoms with Crippen LogP contribution in [0.5, 0.6) is 0 Å². The van der Waals surface area contributed by atoms with Crippen LogP contribution in [0.25, 0.3) is 0 Å². The summed E-state index contributed by atoms with van der Waals surface area (Å²) >= 11 is 0. The number of amides is 1. The first-order valence-corrected chi connectivity index (χ1v) is 5.69. The molecule has 0 bridgehead atoms. The lowest BCUT2D eigenvalue weighted by Gasteiger charge is -2.16. The van der Waals surface area contributed by atoms with Crippen molar-refractivity contribution >= 4 is 11.9 Å². The summed E-state index contributed by atoms with van der Waals surface area (Å²) in [4.78, 5) is 24.3. The summed E-state index contributed by atoms with van der Waals surface area (Å²) in [5.74, 6) is -0.693. The summed E-state index contributed by atoms with van der Waals surface area (Å²) in [5.41, 5.74) is 0. The molecule has 2 N–H and O–H groups in total. The smallest absolute Gasteiger partial charge is 0.303 e. The van der Waals surface area contributed by atoms with Crippen molar-refractivity contribution in [1.29, 1.82) is 0 Å². The lowest BCUT2D eigenvalue weighted by molar-refractivity contribution is -0.137. The van der Waals surface area contributed by atoms with Crippen LogP contribution in [0.15, 0.2) is 0 Å². The van der Waals surface area contributed by atoms with Crippen LogP contribution in [0.4, 0.5) is 0 Å². The van der Waals surface area contributed by atoms with E-state index in [0.717, 1.165) is 19.5 Å². The summed E-state index contributed by atoms with van der Waals surface area (Å²) in [7, 11) is 2.00. The van der Waals surface area contributed by atoms with Gasteiger partial charge in [0.2, 0.25) is 5.91 Å². The number of carbonyl (C=O) groups excluding carboxylic acids is 1. The van der Waals surface area contributed by atoms with Crippen molar-refractivity contribution in [3.05, 3.63) is 0 Å². The van der Waals surface area contributed by atoms with Crippen LogP contribution in [0.2, 0.25) is 0 Å². The minimum absolute atomic E-state index is 0.0576. The van der Waals surface area contributed by atoms with Crippen molar-refractivity contribution in [2.45, 2.75) is 32.2 Å². The van der Waals surface area contributed by atoms with Crippen LogP contribution in [0.3, 0.4) is 0 Å². The molecular formula is C11H20N2O3. The molecule has 5 nitrogen and oxygen atoms in total. The zero-order chi connectivity index (χ0) is 12.1. The highest BCUT2D eigenvalue weighted by molar-refractivity contribution is 5.79. The Kier molecular flexibility index (Phi) is 4.73. The van der Waals surface area contributed by atoms with E-state index in [1.165, 1.54) is 0 Å². The van der Waals surface area contributed by atoms with E-state index < -0.39 is 5.97 Å². The second-order valence-electron chi connectivity index (χ2n) is 4.59. The lowest BCUT2D eigenvalue weighted by Crippen LogP contribution is -2.38. The Labute approximate surface area is 95.8 Å². The van der Waals surface area contributed by atoms with Crippen LogP contribution < -0.4 is 5.32 Å². The van der Waals surface area contributed by atoms with Gasteiger partial charge in [0, 0.05) is 19.0 Å². The van der Waals surface area contributed by atoms with Crippen molar-refractivity contribution < 1.29 is 14.7 Å². The van der Waals surface area contributed by atoms with E-state index in [1.807, 2.05) is 14.0 Å². The molecule has 0 saturated carbocycles. The van der Waals surface area contributed by atoms with Crippen LogP contribution in [-0.2, 0) is 9.59 Å². The fourth-order valence-corrected chi connectivity index (χ4v) is 1.92. The SMILES string of the molecule is CC(CCC(=O)O)NC(=O)C1CCN(C)C1. The molecule has 0 aromatic rings. The lowest BCUT2D eigenvalue weighted by atomic mass is 10.1. The molecule has 1 heterocycles. The first-order chi connectivity index (χ1) is 7.49. The third kappa shape index (κ3) is 4.18. The van der Waals surface area contributed by atoms with Crippen molar-refractivity contribution in [1.82, 2.24) is 10.2 Å². The van der Waals surface area contributed by atoms with Gasteiger partial charge in [0.05, 0.1) is 5.92 Å². The second kappa shape index (κ2) is 5.84. The maximum absolute atomic E-state index is 11.8. The average Bonchev–Trinajstić information content (AvgIpc) is 2.62. The Morgan fingerprint density at radius 2 is 2.25 bits per heavy atom. The number of nitrogens with zero attached hydrogens (tertiary/aromatic N) is 1. The number of aliphatic carboxylic acids is 1. The Bertz CT molecular complexity index is 268. The van der Waals surface area contributed by atoms with E-state index in [-0.39, 0.29) is 24.3 Å². The van der Waals surface area contributed by atoms with E-state index in [1.54, 1.807) is 0 Å². The molecule has 0 radical (unpaired) electrons. The van der Waals surface area contributed by atoms with Crippen LogP contribution in [0.1, 0.15) is 26.2 Å². The maximum atomic E-state index is 11.8. The van der Waals surface area contributed by atoms with E-state index in [0.29, 0.717) is 6.42 Å². The fraction of sp³-hybridized carbons (Fsp3) is 0.818. The number of likely N-dealkylation sites (tertiary alicyclic amines) is 1. The van der Waals surface area contributed by atoms with Gasteiger partial charge >= 0.3 is 5.97 Å². The third-order valence-corrected chi connectivity index (χ3v) is 2.94.